The van der Waals surface area contributed by atoms with Gasteiger partial charge >= 0.3 is 0 Å². The zero-order valence-corrected chi connectivity index (χ0v) is 20.5. The van der Waals surface area contributed by atoms with Crippen LogP contribution in [-0.2, 0) is 24.1 Å². The second-order valence-electron chi connectivity index (χ2n) is 9.12. The Kier molecular flexibility index (Phi) is 7.28. The summed E-state index contributed by atoms with van der Waals surface area (Å²) in [6.45, 7) is 3.72. The number of ether oxygens (including phenoxy) is 2. The van der Waals surface area contributed by atoms with Crippen LogP contribution in [0.15, 0.2) is 54.6 Å². The third-order valence-electron chi connectivity index (χ3n) is 6.84. The molecule has 34 heavy (non-hydrogen) atoms. The topological polar surface area (TPSA) is 50.8 Å². The highest BCUT2D eigenvalue weighted by Gasteiger charge is 2.21. The van der Waals surface area contributed by atoms with Gasteiger partial charge in [0.05, 0.1) is 4.88 Å². The van der Waals surface area contributed by atoms with E-state index in [0.29, 0.717) is 19.2 Å². The molecule has 1 fully saturated rings. The van der Waals surface area contributed by atoms with Crippen LogP contribution in [0.3, 0.4) is 0 Å². The minimum atomic E-state index is -0.0127. The molecule has 6 heteroatoms. The quantitative estimate of drug-likeness (QED) is 0.501. The van der Waals surface area contributed by atoms with Crippen molar-refractivity contribution in [3.05, 3.63) is 76.2 Å². The summed E-state index contributed by atoms with van der Waals surface area (Å²) in [5.41, 5.74) is 4.98. The normalized spacial score (nSPS) is 15.6. The van der Waals surface area contributed by atoms with Crippen LogP contribution in [0.25, 0.3) is 10.4 Å². The summed E-state index contributed by atoms with van der Waals surface area (Å²) in [5.74, 6) is 0.830. The van der Waals surface area contributed by atoms with E-state index >= 15 is 0 Å². The first kappa shape index (κ1) is 23.1. The van der Waals surface area contributed by atoms with Gasteiger partial charge in [0.2, 0.25) is 0 Å². The van der Waals surface area contributed by atoms with Crippen molar-refractivity contribution in [2.75, 3.05) is 33.4 Å². The molecule has 1 aliphatic carbocycles. The SMILES string of the molecule is CN(CCOc1cccc(CNC(=O)c2cc3c(s2)-c2ccccc2CC3)c1)C1CCOCC1. The zero-order valence-electron chi connectivity index (χ0n) is 19.7. The predicted molar refractivity (Wildman–Crippen MR) is 137 cm³/mol. The fraction of sp³-hybridized carbons (Fsp3) is 0.393. The maximum atomic E-state index is 12.9. The number of nitrogens with zero attached hydrogens (tertiary/aromatic N) is 1. The summed E-state index contributed by atoms with van der Waals surface area (Å²) in [5, 5.41) is 3.09. The van der Waals surface area contributed by atoms with Crippen molar-refractivity contribution < 1.29 is 14.3 Å². The lowest BCUT2D eigenvalue weighted by molar-refractivity contribution is 0.0392. The van der Waals surface area contributed by atoms with Crippen LogP contribution in [0, 0.1) is 0 Å². The fourth-order valence-corrected chi connectivity index (χ4v) is 6.00. The number of hydrogen-bond acceptors (Lipinski definition) is 5. The average molecular weight is 477 g/mol. The number of benzene rings is 2. The molecule has 1 amide bonds. The number of amides is 1. The van der Waals surface area contributed by atoms with E-state index in [0.717, 1.165) is 61.6 Å². The Morgan fingerprint density at radius 1 is 1.09 bits per heavy atom. The van der Waals surface area contributed by atoms with E-state index in [9.17, 15) is 4.79 Å². The maximum Gasteiger partial charge on any atom is 0.261 e. The molecule has 5 rings (SSSR count). The molecule has 3 aromatic rings. The lowest BCUT2D eigenvalue weighted by atomic mass is 9.91. The van der Waals surface area contributed by atoms with Gasteiger partial charge in [0.1, 0.15) is 12.4 Å². The smallest absolute Gasteiger partial charge is 0.261 e. The van der Waals surface area contributed by atoms with Crippen molar-refractivity contribution in [3.63, 3.8) is 0 Å². The lowest BCUT2D eigenvalue weighted by Gasteiger charge is -2.31. The van der Waals surface area contributed by atoms with Crippen molar-refractivity contribution in [3.8, 4) is 16.2 Å². The van der Waals surface area contributed by atoms with Crippen LogP contribution in [0.4, 0.5) is 0 Å². The van der Waals surface area contributed by atoms with Gasteiger partial charge in [-0.3, -0.25) is 9.69 Å². The monoisotopic (exact) mass is 476 g/mol. The number of fused-ring (bicyclic) bond motifs is 3. The molecule has 2 heterocycles. The van der Waals surface area contributed by atoms with E-state index in [4.69, 9.17) is 9.47 Å². The van der Waals surface area contributed by atoms with Gasteiger partial charge in [-0.25, -0.2) is 0 Å². The van der Waals surface area contributed by atoms with Gasteiger partial charge in [-0.1, -0.05) is 36.4 Å². The Hall–Kier alpha value is -2.67. The molecule has 2 aliphatic rings. The predicted octanol–water partition coefficient (Wildman–Crippen LogP) is 4.93. The van der Waals surface area contributed by atoms with Gasteiger partial charge in [0, 0.05) is 37.2 Å². The van der Waals surface area contributed by atoms with E-state index in [1.807, 2.05) is 24.3 Å². The molecule has 1 N–H and O–H groups in total. The van der Waals surface area contributed by atoms with Crippen LogP contribution in [0.2, 0.25) is 0 Å². The second-order valence-corrected chi connectivity index (χ2v) is 10.2. The molecule has 0 atom stereocenters. The summed E-state index contributed by atoms with van der Waals surface area (Å²) in [4.78, 5) is 17.3. The van der Waals surface area contributed by atoms with Crippen molar-refractivity contribution in [1.29, 1.82) is 0 Å². The highest BCUT2D eigenvalue weighted by Crippen LogP contribution is 2.39. The zero-order chi connectivity index (χ0) is 23.3. The molecular weight excluding hydrogens is 444 g/mol. The van der Waals surface area contributed by atoms with Crippen molar-refractivity contribution in [1.82, 2.24) is 10.2 Å². The number of carbonyl (C=O) groups is 1. The van der Waals surface area contributed by atoms with Gasteiger partial charge in [0.15, 0.2) is 0 Å². The van der Waals surface area contributed by atoms with Crippen LogP contribution in [0.5, 0.6) is 5.75 Å². The van der Waals surface area contributed by atoms with Crippen LogP contribution < -0.4 is 10.1 Å². The number of hydrogen-bond donors (Lipinski definition) is 1. The summed E-state index contributed by atoms with van der Waals surface area (Å²) < 4.78 is 11.5. The number of nitrogens with one attached hydrogen (secondary N) is 1. The number of carbonyl (C=O) groups excluding carboxylic acids is 1. The molecule has 1 aromatic heterocycles. The Morgan fingerprint density at radius 2 is 1.91 bits per heavy atom. The molecule has 1 aliphatic heterocycles. The molecule has 0 radical (unpaired) electrons. The summed E-state index contributed by atoms with van der Waals surface area (Å²) in [7, 11) is 2.16. The molecular formula is C28H32N2O3S. The molecule has 0 spiro atoms. The maximum absolute atomic E-state index is 12.9. The Morgan fingerprint density at radius 3 is 2.79 bits per heavy atom. The van der Waals surface area contributed by atoms with Gasteiger partial charge in [0.25, 0.3) is 5.91 Å². The van der Waals surface area contributed by atoms with Gasteiger partial charge in [-0.15, -0.1) is 11.3 Å². The average Bonchev–Trinajstić information content (AvgIpc) is 3.33. The first-order valence-corrected chi connectivity index (χ1v) is 13.0. The lowest BCUT2D eigenvalue weighted by Crippen LogP contribution is -2.38. The van der Waals surface area contributed by atoms with E-state index in [2.05, 4.69) is 47.6 Å². The standard InChI is InChI=1S/C28H32N2O3S/c1-30(23-11-14-32-15-12-23)13-16-33-24-7-4-5-20(17-24)19-29-28(31)26-18-22-10-9-21-6-2-3-8-25(21)27(22)34-26/h2-8,17-18,23H,9-16,19H2,1H3,(H,29,31). The Bertz CT molecular complexity index is 1140. The molecule has 0 saturated carbocycles. The summed E-state index contributed by atoms with van der Waals surface area (Å²) in [6.07, 6.45) is 4.22. The van der Waals surface area contributed by atoms with Gasteiger partial charge in [-0.05, 0) is 73.2 Å². The van der Waals surface area contributed by atoms with E-state index < -0.39 is 0 Å². The second kappa shape index (κ2) is 10.7. The minimum Gasteiger partial charge on any atom is -0.492 e. The van der Waals surface area contributed by atoms with Crippen molar-refractivity contribution in [2.45, 2.75) is 38.3 Å². The van der Waals surface area contributed by atoms with Crippen LogP contribution in [0.1, 0.15) is 39.2 Å². The highest BCUT2D eigenvalue weighted by atomic mass is 32.1. The Balaban J connectivity index is 1.14. The van der Waals surface area contributed by atoms with E-state index in [-0.39, 0.29) is 5.91 Å². The summed E-state index contributed by atoms with van der Waals surface area (Å²) in [6, 6.07) is 19.2. The number of likely N-dealkylation sites (N-methyl/N-ethyl adjacent to an activating group) is 1. The molecule has 0 bridgehead atoms. The number of thiophene rings is 1. The first-order chi connectivity index (χ1) is 16.7. The largest absolute Gasteiger partial charge is 0.492 e. The first-order valence-electron chi connectivity index (χ1n) is 12.2. The summed E-state index contributed by atoms with van der Waals surface area (Å²) >= 11 is 1.60. The van der Waals surface area contributed by atoms with Crippen molar-refractivity contribution in [2.24, 2.45) is 0 Å². The minimum absolute atomic E-state index is 0.0127. The molecule has 5 nitrogen and oxygen atoms in total. The van der Waals surface area contributed by atoms with Crippen molar-refractivity contribution >= 4 is 17.2 Å². The van der Waals surface area contributed by atoms with Crippen LogP contribution in [-0.4, -0.2) is 50.3 Å². The number of aryl methyl sites for hydroxylation is 2. The molecule has 2 aromatic carbocycles. The van der Waals surface area contributed by atoms with Crippen LogP contribution >= 0.6 is 11.3 Å². The molecule has 0 unspecified atom stereocenters. The molecule has 178 valence electrons. The van der Waals surface area contributed by atoms with Gasteiger partial charge in [-0.2, -0.15) is 0 Å². The van der Waals surface area contributed by atoms with Gasteiger partial charge < -0.3 is 14.8 Å². The molecule has 1 saturated heterocycles. The fourth-order valence-electron chi connectivity index (χ4n) is 4.81. The Labute approximate surface area is 205 Å². The van der Waals surface area contributed by atoms with E-state index in [1.54, 1.807) is 11.3 Å². The third kappa shape index (κ3) is 5.35. The highest BCUT2D eigenvalue weighted by molar-refractivity contribution is 7.17. The third-order valence-corrected chi connectivity index (χ3v) is 8.05. The number of rotatable bonds is 8. The van der Waals surface area contributed by atoms with E-state index in [1.165, 1.54) is 21.6 Å².